The van der Waals surface area contributed by atoms with Crippen molar-refractivity contribution < 1.29 is 4.74 Å². The van der Waals surface area contributed by atoms with Crippen molar-refractivity contribution in [1.29, 1.82) is 0 Å². The van der Waals surface area contributed by atoms with E-state index in [1.807, 2.05) is 30.5 Å². The number of tetrazole rings is 1. The molecule has 3 rings (SSSR count). The molecule has 0 unspecified atom stereocenters. The molecular formula is C17H22N6O. The second-order valence-electron chi connectivity index (χ2n) is 5.66. The van der Waals surface area contributed by atoms with Crippen molar-refractivity contribution in [3.05, 3.63) is 42.0 Å². The molecule has 7 heteroatoms. The molecule has 3 aromatic rings. The fraction of sp³-hybridized carbons (Fsp3) is 0.412. The summed E-state index contributed by atoms with van der Waals surface area (Å²) in [4.78, 5) is 5.86. The van der Waals surface area contributed by atoms with E-state index in [0.717, 1.165) is 36.4 Å². The summed E-state index contributed by atoms with van der Waals surface area (Å²) in [6.45, 7) is 2.80. The first kappa shape index (κ1) is 16.2. The summed E-state index contributed by atoms with van der Waals surface area (Å²) < 4.78 is 7.97. The zero-order valence-electron chi connectivity index (χ0n) is 14.3. The van der Waals surface area contributed by atoms with Crippen molar-refractivity contribution in [3.63, 3.8) is 0 Å². The van der Waals surface area contributed by atoms with Gasteiger partial charge in [-0.15, -0.1) is 10.2 Å². The molecule has 126 valence electrons. The third kappa shape index (κ3) is 3.61. The van der Waals surface area contributed by atoms with E-state index in [4.69, 9.17) is 4.74 Å². The highest BCUT2D eigenvalue weighted by molar-refractivity contribution is 5.55. The smallest absolute Gasteiger partial charge is 0.204 e. The lowest BCUT2D eigenvalue weighted by Gasteiger charge is -2.07. The summed E-state index contributed by atoms with van der Waals surface area (Å²) in [6.07, 6.45) is 4.84. The average Bonchev–Trinajstić information content (AvgIpc) is 3.18. The van der Waals surface area contributed by atoms with E-state index in [1.165, 1.54) is 10.5 Å². The molecule has 2 heterocycles. The molecule has 0 saturated heterocycles. The highest BCUT2D eigenvalue weighted by Gasteiger charge is 2.06. The van der Waals surface area contributed by atoms with E-state index >= 15 is 0 Å². The van der Waals surface area contributed by atoms with Crippen LogP contribution in [0.2, 0.25) is 0 Å². The Hall–Kier alpha value is -2.70. The maximum atomic E-state index is 5.81. The van der Waals surface area contributed by atoms with Crippen LogP contribution in [0.3, 0.4) is 0 Å². The van der Waals surface area contributed by atoms with E-state index in [-0.39, 0.29) is 0 Å². The Morgan fingerprint density at radius 2 is 1.92 bits per heavy atom. The molecule has 0 radical (unpaired) electrons. The molecule has 0 aliphatic rings. The standard InChI is InChI=1S/C17H22N6O/c1-4-16-18-12-14(22(16)2)6-5-11-24-15-9-7-13(8-10-15)17-19-21-23(3)20-17/h7-10,12H,4-6,11H2,1-3H3. The van der Waals surface area contributed by atoms with Crippen LogP contribution in [-0.2, 0) is 26.9 Å². The van der Waals surface area contributed by atoms with Crippen LogP contribution < -0.4 is 4.74 Å². The van der Waals surface area contributed by atoms with E-state index in [0.29, 0.717) is 12.4 Å². The van der Waals surface area contributed by atoms with E-state index < -0.39 is 0 Å². The Morgan fingerprint density at radius 3 is 2.54 bits per heavy atom. The summed E-state index contributed by atoms with van der Waals surface area (Å²) in [7, 11) is 3.82. The number of hydrogen-bond acceptors (Lipinski definition) is 5. The molecule has 7 nitrogen and oxygen atoms in total. The summed E-state index contributed by atoms with van der Waals surface area (Å²) in [5.41, 5.74) is 2.18. The van der Waals surface area contributed by atoms with Crippen LogP contribution in [0.25, 0.3) is 11.4 Å². The number of aryl methyl sites for hydroxylation is 3. The summed E-state index contributed by atoms with van der Waals surface area (Å²) >= 11 is 0. The molecule has 0 aliphatic heterocycles. The fourth-order valence-electron chi connectivity index (χ4n) is 2.59. The summed E-state index contributed by atoms with van der Waals surface area (Å²) in [6, 6.07) is 7.76. The monoisotopic (exact) mass is 326 g/mol. The minimum Gasteiger partial charge on any atom is -0.494 e. The highest BCUT2D eigenvalue weighted by atomic mass is 16.5. The van der Waals surface area contributed by atoms with Crippen LogP contribution in [0, 0.1) is 0 Å². The lowest BCUT2D eigenvalue weighted by molar-refractivity contribution is 0.310. The van der Waals surface area contributed by atoms with Crippen molar-refractivity contribution in [2.24, 2.45) is 14.1 Å². The van der Waals surface area contributed by atoms with Crippen LogP contribution in [0.15, 0.2) is 30.5 Å². The van der Waals surface area contributed by atoms with Gasteiger partial charge in [0, 0.05) is 30.9 Å². The molecule has 0 amide bonds. The molecular weight excluding hydrogens is 304 g/mol. The molecule has 24 heavy (non-hydrogen) atoms. The van der Waals surface area contributed by atoms with Gasteiger partial charge in [-0.25, -0.2) is 4.98 Å². The van der Waals surface area contributed by atoms with Crippen molar-refractivity contribution in [3.8, 4) is 17.1 Å². The number of imidazole rings is 1. The Morgan fingerprint density at radius 1 is 1.12 bits per heavy atom. The Labute approximate surface area is 141 Å². The molecule has 0 atom stereocenters. The van der Waals surface area contributed by atoms with Gasteiger partial charge in [0.15, 0.2) is 0 Å². The van der Waals surface area contributed by atoms with Gasteiger partial charge in [-0.1, -0.05) is 6.92 Å². The number of ether oxygens (including phenoxy) is 1. The maximum Gasteiger partial charge on any atom is 0.204 e. The van der Waals surface area contributed by atoms with Crippen molar-refractivity contribution in [2.45, 2.75) is 26.2 Å². The van der Waals surface area contributed by atoms with Crippen LogP contribution in [0.5, 0.6) is 5.75 Å². The van der Waals surface area contributed by atoms with Crippen LogP contribution in [0.4, 0.5) is 0 Å². The lowest BCUT2D eigenvalue weighted by atomic mass is 10.2. The van der Waals surface area contributed by atoms with Crippen molar-refractivity contribution >= 4 is 0 Å². The normalized spacial score (nSPS) is 11.0. The number of benzene rings is 1. The number of nitrogens with zero attached hydrogens (tertiary/aromatic N) is 6. The van der Waals surface area contributed by atoms with Gasteiger partial charge in [0.1, 0.15) is 11.6 Å². The third-order valence-electron chi connectivity index (χ3n) is 3.96. The quantitative estimate of drug-likeness (QED) is 0.622. The zero-order chi connectivity index (χ0) is 16.9. The van der Waals surface area contributed by atoms with Gasteiger partial charge in [0.25, 0.3) is 0 Å². The Bertz CT molecular complexity index is 790. The van der Waals surface area contributed by atoms with E-state index in [9.17, 15) is 0 Å². The Kier molecular flexibility index (Phi) is 4.88. The number of hydrogen-bond donors (Lipinski definition) is 0. The fourth-order valence-corrected chi connectivity index (χ4v) is 2.59. The van der Waals surface area contributed by atoms with Crippen molar-refractivity contribution in [1.82, 2.24) is 29.8 Å². The van der Waals surface area contributed by atoms with Gasteiger partial charge in [0.05, 0.1) is 13.7 Å². The minimum atomic E-state index is 0.618. The van der Waals surface area contributed by atoms with Gasteiger partial charge >= 0.3 is 0 Å². The first-order valence-electron chi connectivity index (χ1n) is 8.14. The van der Waals surface area contributed by atoms with E-state index in [2.05, 4.69) is 38.9 Å². The average molecular weight is 326 g/mol. The van der Waals surface area contributed by atoms with Crippen LogP contribution >= 0.6 is 0 Å². The van der Waals surface area contributed by atoms with Crippen molar-refractivity contribution in [2.75, 3.05) is 6.61 Å². The molecule has 0 N–H and O–H groups in total. The second-order valence-corrected chi connectivity index (χ2v) is 5.66. The molecule has 1 aromatic carbocycles. The van der Waals surface area contributed by atoms with Gasteiger partial charge in [-0.2, -0.15) is 4.80 Å². The predicted octanol–water partition coefficient (Wildman–Crippen LogP) is 2.18. The number of rotatable bonds is 7. The second kappa shape index (κ2) is 7.25. The van der Waals surface area contributed by atoms with Gasteiger partial charge in [0.2, 0.25) is 5.82 Å². The largest absolute Gasteiger partial charge is 0.494 e. The molecule has 0 aliphatic carbocycles. The highest BCUT2D eigenvalue weighted by Crippen LogP contribution is 2.19. The molecule has 0 bridgehead atoms. The maximum absolute atomic E-state index is 5.81. The van der Waals surface area contributed by atoms with Gasteiger partial charge in [-0.05, 0) is 42.3 Å². The molecule has 0 saturated carbocycles. The first-order chi connectivity index (χ1) is 11.7. The molecule has 2 aromatic heterocycles. The third-order valence-corrected chi connectivity index (χ3v) is 3.96. The molecule has 0 spiro atoms. The number of aromatic nitrogens is 6. The Balaban J connectivity index is 1.49. The minimum absolute atomic E-state index is 0.618. The summed E-state index contributed by atoms with van der Waals surface area (Å²) in [5.74, 6) is 2.59. The topological polar surface area (TPSA) is 70.7 Å². The van der Waals surface area contributed by atoms with Gasteiger partial charge in [-0.3, -0.25) is 0 Å². The SMILES string of the molecule is CCc1ncc(CCCOc2ccc(-c3nnn(C)n3)cc2)n1C. The lowest BCUT2D eigenvalue weighted by Crippen LogP contribution is -2.04. The predicted molar refractivity (Wildman–Crippen MR) is 90.6 cm³/mol. The van der Waals surface area contributed by atoms with Crippen LogP contribution in [0.1, 0.15) is 24.9 Å². The zero-order valence-corrected chi connectivity index (χ0v) is 14.3. The van der Waals surface area contributed by atoms with Crippen LogP contribution in [-0.4, -0.2) is 36.4 Å². The summed E-state index contributed by atoms with van der Waals surface area (Å²) in [5, 5.41) is 12.0. The molecule has 0 fully saturated rings. The van der Waals surface area contributed by atoms with Gasteiger partial charge < -0.3 is 9.30 Å². The first-order valence-corrected chi connectivity index (χ1v) is 8.14. The van der Waals surface area contributed by atoms with E-state index in [1.54, 1.807) is 7.05 Å².